The zero-order chi connectivity index (χ0) is 17.2. The van der Waals surface area contributed by atoms with Crippen molar-refractivity contribution in [2.24, 2.45) is 0 Å². The quantitative estimate of drug-likeness (QED) is 0.867. The van der Waals surface area contributed by atoms with E-state index in [2.05, 4.69) is 10.3 Å². The van der Waals surface area contributed by atoms with Crippen LogP contribution in [-0.4, -0.2) is 30.8 Å². The van der Waals surface area contributed by atoms with E-state index in [0.29, 0.717) is 36.7 Å². The van der Waals surface area contributed by atoms with Crippen LogP contribution >= 0.6 is 0 Å². The second kappa shape index (κ2) is 6.78. The standard InChI is InChI=1S/C17H21N3O3S/c1-13(21)16-7-3-8-17(19-16)18-12-14-5-2-6-15(11-14)20-9-4-10-24(20,22)23/h2-3,5-8,11,13,21H,4,9-10,12H2,1H3,(H,18,19). The van der Waals surface area contributed by atoms with Crippen LogP contribution in [0.3, 0.4) is 0 Å². The SMILES string of the molecule is CC(O)c1cccc(NCc2cccc(N3CCCS3(=O)=O)c2)n1. The van der Waals surface area contributed by atoms with Gasteiger partial charge in [0.2, 0.25) is 10.0 Å². The van der Waals surface area contributed by atoms with E-state index >= 15 is 0 Å². The third kappa shape index (κ3) is 3.68. The third-order valence-electron chi connectivity index (χ3n) is 3.97. The normalized spacial score (nSPS) is 17.7. The number of aliphatic hydroxyl groups is 1. The molecule has 1 saturated heterocycles. The summed E-state index contributed by atoms with van der Waals surface area (Å²) in [6, 6.07) is 12.9. The molecule has 7 heteroatoms. The lowest BCUT2D eigenvalue weighted by atomic mass is 10.2. The van der Waals surface area contributed by atoms with Crippen LogP contribution in [0.25, 0.3) is 0 Å². The molecule has 0 spiro atoms. The van der Waals surface area contributed by atoms with Crippen molar-refractivity contribution >= 4 is 21.5 Å². The highest BCUT2D eigenvalue weighted by Gasteiger charge is 2.28. The van der Waals surface area contributed by atoms with Crippen molar-refractivity contribution in [3.63, 3.8) is 0 Å². The molecule has 1 aromatic heterocycles. The number of hydrogen-bond acceptors (Lipinski definition) is 5. The first kappa shape index (κ1) is 16.7. The Kier molecular flexibility index (Phi) is 4.73. The van der Waals surface area contributed by atoms with Gasteiger partial charge in [-0.15, -0.1) is 0 Å². The maximum atomic E-state index is 12.0. The summed E-state index contributed by atoms with van der Waals surface area (Å²) in [7, 11) is -3.17. The molecule has 0 bridgehead atoms. The van der Waals surface area contributed by atoms with Gasteiger partial charge in [0.15, 0.2) is 0 Å². The number of aliphatic hydroxyl groups excluding tert-OH is 1. The van der Waals surface area contributed by atoms with Gasteiger partial charge in [-0.2, -0.15) is 0 Å². The summed E-state index contributed by atoms with van der Waals surface area (Å²) in [5.74, 6) is 0.888. The van der Waals surface area contributed by atoms with Crippen LogP contribution in [0.5, 0.6) is 0 Å². The Morgan fingerprint density at radius 3 is 2.79 bits per heavy atom. The van der Waals surface area contributed by atoms with Crippen molar-refractivity contribution in [2.45, 2.75) is 26.0 Å². The zero-order valence-corrected chi connectivity index (χ0v) is 14.3. The number of anilines is 2. The monoisotopic (exact) mass is 347 g/mol. The topological polar surface area (TPSA) is 82.5 Å². The van der Waals surface area contributed by atoms with Crippen molar-refractivity contribution in [3.8, 4) is 0 Å². The number of rotatable bonds is 5. The first-order valence-corrected chi connectivity index (χ1v) is 9.55. The van der Waals surface area contributed by atoms with E-state index in [1.54, 1.807) is 13.0 Å². The van der Waals surface area contributed by atoms with Gasteiger partial charge in [-0.3, -0.25) is 4.31 Å². The fraction of sp³-hybridized carbons (Fsp3) is 0.353. The average Bonchev–Trinajstić information content (AvgIpc) is 2.93. The molecular formula is C17H21N3O3S. The number of hydrogen-bond donors (Lipinski definition) is 2. The molecule has 2 N–H and O–H groups in total. The molecule has 1 atom stereocenters. The Morgan fingerprint density at radius 2 is 2.08 bits per heavy atom. The Hall–Kier alpha value is -2.12. The molecule has 1 aromatic carbocycles. The summed E-state index contributed by atoms with van der Waals surface area (Å²) in [5, 5.41) is 12.8. The minimum absolute atomic E-state index is 0.214. The highest BCUT2D eigenvalue weighted by atomic mass is 32.2. The zero-order valence-electron chi connectivity index (χ0n) is 13.5. The summed E-state index contributed by atoms with van der Waals surface area (Å²) in [4.78, 5) is 4.34. The van der Waals surface area contributed by atoms with Crippen molar-refractivity contribution in [1.82, 2.24) is 4.98 Å². The third-order valence-corrected chi connectivity index (χ3v) is 5.84. The lowest BCUT2D eigenvalue weighted by Gasteiger charge is -2.18. The second-order valence-electron chi connectivity index (χ2n) is 5.89. The fourth-order valence-electron chi connectivity index (χ4n) is 2.73. The summed E-state index contributed by atoms with van der Waals surface area (Å²) in [6.07, 6.45) is 0.0522. The molecule has 1 aliphatic rings. The molecule has 3 rings (SSSR count). The molecule has 6 nitrogen and oxygen atoms in total. The van der Waals surface area contributed by atoms with Gasteiger partial charge in [0, 0.05) is 13.1 Å². The van der Waals surface area contributed by atoms with Gasteiger partial charge in [-0.05, 0) is 43.2 Å². The van der Waals surface area contributed by atoms with Crippen LogP contribution < -0.4 is 9.62 Å². The van der Waals surface area contributed by atoms with E-state index in [1.165, 1.54) is 4.31 Å². The highest BCUT2D eigenvalue weighted by Crippen LogP contribution is 2.25. The van der Waals surface area contributed by atoms with E-state index < -0.39 is 16.1 Å². The van der Waals surface area contributed by atoms with Crippen LogP contribution in [0.1, 0.15) is 30.7 Å². The smallest absolute Gasteiger partial charge is 0.235 e. The van der Waals surface area contributed by atoms with Crippen LogP contribution in [0, 0.1) is 0 Å². The predicted molar refractivity (Wildman–Crippen MR) is 94.4 cm³/mol. The van der Waals surface area contributed by atoms with E-state index in [0.717, 1.165) is 5.56 Å². The molecule has 0 aliphatic carbocycles. The van der Waals surface area contributed by atoms with Crippen LogP contribution in [0.15, 0.2) is 42.5 Å². The van der Waals surface area contributed by atoms with Gasteiger partial charge < -0.3 is 10.4 Å². The van der Waals surface area contributed by atoms with Gasteiger partial charge in [0.05, 0.1) is 23.2 Å². The molecule has 0 amide bonds. The minimum Gasteiger partial charge on any atom is -0.387 e. The van der Waals surface area contributed by atoms with E-state index in [-0.39, 0.29) is 5.75 Å². The average molecular weight is 347 g/mol. The highest BCUT2D eigenvalue weighted by molar-refractivity contribution is 7.93. The van der Waals surface area contributed by atoms with Gasteiger partial charge in [0.1, 0.15) is 5.82 Å². The van der Waals surface area contributed by atoms with Crippen LogP contribution in [0.2, 0.25) is 0 Å². The van der Waals surface area contributed by atoms with Gasteiger partial charge in [-0.1, -0.05) is 18.2 Å². The molecule has 2 aromatic rings. The number of benzene rings is 1. The minimum atomic E-state index is -3.17. The number of sulfonamides is 1. The van der Waals surface area contributed by atoms with Gasteiger partial charge >= 0.3 is 0 Å². The predicted octanol–water partition coefficient (Wildman–Crippen LogP) is 2.29. The molecule has 1 aliphatic heterocycles. The van der Waals surface area contributed by atoms with Crippen molar-refractivity contribution < 1.29 is 13.5 Å². The van der Waals surface area contributed by atoms with Crippen LogP contribution in [0.4, 0.5) is 11.5 Å². The molecule has 1 unspecified atom stereocenters. The summed E-state index contributed by atoms with van der Waals surface area (Å²) in [6.45, 7) is 2.74. The van der Waals surface area contributed by atoms with Gasteiger partial charge in [0.25, 0.3) is 0 Å². The summed E-state index contributed by atoms with van der Waals surface area (Å²) in [5.41, 5.74) is 2.29. The molecule has 0 radical (unpaired) electrons. The first-order chi connectivity index (χ1) is 11.5. The summed E-state index contributed by atoms with van der Waals surface area (Å²) < 4.78 is 25.5. The lowest BCUT2D eigenvalue weighted by molar-refractivity contribution is 0.194. The van der Waals surface area contributed by atoms with Gasteiger partial charge in [-0.25, -0.2) is 13.4 Å². The number of pyridine rings is 1. The molecule has 0 saturated carbocycles. The van der Waals surface area contributed by atoms with E-state index in [9.17, 15) is 13.5 Å². The lowest BCUT2D eigenvalue weighted by Crippen LogP contribution is -2.25. The Balaban J connectivity index is 1.72. The number of aromatic nitrogens is 1. The second-order valence-corrected chi connectivity index (χ2v) is 7.90. The number of nitrogens with zero attached hydrogens (tertiary/aromatic N) is 2. The molecule has 2 heterocycles. The summed E-state index contributed by atoms with van der Waals surface area (Å²) >= 11 is 0. The molecule has 128 valence electrons. The van der Waals surface area contributed by atoms with Crippen molar-refractivity contribution in [1.29, 1.82) is 0 Å². The van der Waals surface area contributed by atoms with Crippen LogP contribution in [-0.2, 0) is 16.6 Å². The number of nitrogens with one attached hydrogen (secondary N) is 1. The maximum Gasteiger partial charge on any atom is 0.235 e. The van der Waals surface area contributed by atoms with E-state index in [4.69, 9.17) is 0 Å². The first-order valence-electron chi connectivity index (χ1n) is 7.94. The van der Waals surface area contributed by atoms with E-state index in [1.807, 2.05) is 36.4 Å². The van der Waals surface area contributed by atoms with Crippen molar-refractivity contribution in [2.75, 3.05) is 21.9 Å². The Bertz CT molecular complexity index is 821. The molecule has 24 heavy (non-hydrogen) atoms. The maximum absolute atomic E-state index is 12.0. The molecular weight excluding hydrogens is 326 g/mol. The Labute approximate surface area is 142 Å². The largest absolute Gasteiger partial charge is 0.387 e. The fourth-order valence-corrected chi connectivity index (χ4v) is 4.28. The van der Waals surface area contributed by atoms with Crippen molar-refractivity contribution in [3.05, 3.63) is 53.7 Å². The Morgan fingerprint density at radius 1 is 1.29 bits per heavy atom. The molecule has 1 fully saturated rings.